The third-order valence-electron chi connectivity index (χ3n) is 4.39. The van der Waals surface area contributed by atoms with E-state index in [0.717, 1.165) is 35.8 Å². The van der Waals surface area contributed by atoms with Crippen LogP contribution < -0.4 is 4.74 Å². The summed E-state index contributed by atoms with van der Waals surface area (Å²) in [5.41, 5.74) is 3.62. The van der Waals surface area contributed by atoms with E-state index in [2.05, 4.69) is 25.9 Å². The number of hydrogen-bond acceptors (Lipinski definition) is 7. The second-order valence-corrected chi connectivity index (χ2v) is 9.66. The maximum Gasteiger partial charge on any atom is 0.311 e. The van der Waals surface area contributed by atoms with Crippen LogP contribution in [0.25, 0.3) is 10.2 Å². The normalized spacial score (nSPS) is 11.3. The van der Waals surface area contributed by atoms with Crippen molar-refractivity contribution >= 4 is 66.8 Å². The van der Waals surface area contributed by atoms with Crippen molar-refractivity contribution in [2.45, 2.75) is 10.1 Å². The van der Waals surface area contributed by atoms with Crippen LogP contribution in [0.2, 0.25) is 0 Å². The summed E-state index contributed by atoms with van der Waals surface area (Å²) in [6.07, 6.45) is 1.83. The lowest BCUT2D eigenvalue weighted by Gasteiger charge is -2.04. The predicted molar refractivity (Wildman–Crippen MR) is 130 cm³/mol. The molecule has 4 aromatic rings. The fourth-order valence-corrected chi connectivity index (χ4v) is 5.15. The Morgan fingerprint density at radius 2 is 2.00 bits per heavy atom. The van der Waals surface area contributed by atoms with Gasteiger partial charge in [0.2, 0.25) is 0 Å². The molecule has 1 aromatic heterocycles. The molecule has 156 valence electrons. The summed E-state index contributed by atoms with van der Waals surface area (Å²) in [4.78, 5) is 20.0. The summed E-state index contributed by atoms with van der Waals surface area (Å²) in [6.45, 7) is 0. The number of aliphatic imine (C=N–C) groups is 1. The number of benzene rings is 3. The molecule has 0 fully saturated rings. The van der Waals surface area contributed by atoms with Crippen LogP contribution >= 0.6 is 39.0 Å². The van der Waals surface area contributed by atoms with Gasteiger partial charge in [0.25, 0.3) is 0 Å². The Morgan fingerprint density at radius 1 is 1.19 bits per heavy atom. The maximum absolute atomic E-state index is 11.2. The summed E-state index contributed by atoms with van der Waals surface area (Å²) >= 11 is 6.56. The van der Waals surface area contributed by atoms with E-state index >= 15 is 0 Å². The topological polar surface area (TPSA) is 77.6 Å². The van der Waals surface area contributed by atoms with E-state index in [1.807, 2.05) is 54.7 Å². The summed E-state index contributed by atoms with van der Waals surface area (Å²) in [7, 11) is 1.43. The number of fused-ring (bicyclic) bond motifs is 1. The van der Waals surface area contributed by atoms with Gasteiger partial charge in [-0.2, -0.15) is 0 Å². The maximum atomic E-state index is 11.2. The Kier molecular flexibility index (Phi) is 6.64. The Hall–Kier alpha value is -2.75. The molecule has 0 aliphatic heterocycles. The number of rotatable bonds is 7. The molecule has 31 heavy (non-hydrogen) atoms. The first kappa shape index (κ1) is 21.5. The number of nitro groups is 1. The van der Waals surface area contributed by atoms with Crippen LogP contribution in [0.5, 0.6) is 5.75 Å². The minimum absolute atomic E-state index is 0.0295. The van der Waals surface area contributed by atoms with Gasteiger partial charge >= 0.3 is 5.69 Å². The summed E-state index contributed by atoms with van der Waals surface area (Å²) in [6, 6.07) is 18.9. The Balaban J connectivity index is 1.48. The van der Waals surface area contributed by atoms with Gasteiger partial charge in [0.15, 0.2) is 10.1 Å². The molecule has 3 aromatic carbocycles. The Bertz CT molecular complexity index is 1270. The predicted octanol–water partition coefficient (Wildman–Crippen LogP) is 7.02. The fraction of sp³-hybridized carbons (Fsp3) is 0.0909. The van der Waals surface area contributed by atoms with Crippen LogP contribution in [-0.2, 0) is 5.75 Å². The fourth-order valence-electron chi connectivity index (χ4n) is 2.85. The summed E-state index contributed by atoms with van der Waals surface area (Å²) < 4.78 is 8.04. The molecule has 0 unspecified atom stereocenters. The van der Waals surface area contributed by atoms with Crippen LogP contribution in [0.4, 0.5) is 11.4 Å². The molecule has 0 aliphatic rings. The number of hydrogen-bond donors (Lipinski definition) is 0. The molecule has 0 radical (unpaired) electrons. The van der Waals surface area contributed by atoms with Gasteiger partial charge in [-0.15, -0.1) is 11.3 Å². The molecular weight excluding hydrogens is 498 g/mol. The molecule has 4 rings (SSSR count). The summed E-state index contributed by atoms with van der Waals surface area (Å²) in [5.74, 6) is 0.842. The van der Waals surface area contributed by atoms with Crippen LogP contribution in [0.1, 0.15) is 11.1 Å². The van der Waals surface area contributed by atoms with Crippen LogP contribution in [0.3, 0.4) is 0 Å². The lowest BCUT2D eigenvalue weighted by Crippen LogP contribution is -1.94. The molecule has 0 aliphatic carbocycles. The average molecular weight is 514 g/mol. The van der Waals surface area contributed by atoms with Crippen molar-refractivity contribution in [3.05, 3.63) is 86.4 Å². The molecule has 9 heteroatoms. The standard InChI is InChI=1S/C22H16BrN3O3S2/c1-29-20-9-4-15(10-19(20)26(27)28)13-30-22-25-18-8-7-17(11-21(18)31-22)24-12-14-2-5-16(23)6-3-14/h2-12H,13H2,1H3. The van der Waals surface area contributed by atoms with Gasteiger partial charge in [0, 0.05) is 22.5 Å². The van der Waals surface area contributed by atoms with Crippen molar-refractivity contribution in [2.75, 3.05) is 7.11 Å². The second-order valence-electron chi connectivity index (χ2n) is 6.49. The van der Waals surface area contributed by atoms with E-state index in [1.54, 1.807) is 35.2 Å². The van der Waals surface area contributed by atoms with E-state index in [4.69, 9.17) is 4.74 Å². The number of nitro benzene ring substituents is 1. The number of thiazole rings is 1. The van der Waals surface area contributed by atoms with Gasteiger partial charge in [-0.25, -0.2) is 4.98 Å². The van der Waals surface area contributed by atoms with Gasteiger partial charge in [0.1, 0.15) is 0 Å². The zero-order valence-corrected chi connectivity index (χ0v) is 19.5. The molecule has 1 heterocycles. The van der Waals surface area contributed by atoms with Crippen molar-refractivity contribution in [3.63, 3.8) is 0 Å². The molecular formula is C22H16BrN3O3S2. The Morgan fingerprint density at radius 3 is 2.74 bits per heavy atom. The highest BCUT2D eigenvalue weighted by Crippen LogP contribution is 2.35. The van der Waals surface area contributed by atoms with Crippen molar-refractivity contribution in [2.24, 2.45) is 4.99 Å². The molecule has 0 spiro atoms. The number of thioether (sulfide) groups is 1. The van der Waals surface area contributed by atoms with E-state index in [1.165, 1.54) is 7.11 Å². The van der Waals surface area contributed by atoms with Gasteiger partial charge in [-0.05, 0) is 47.5 Å². The quantitative estimate of drug-likeness (QED) is 0.115. The lowest BCUT2D eigenvalue weighted by molar-refractivity contribution is -0.385. The van der Waals surface area contributed by atoms with Crippen molar-refractivity contribution in [3.8, 4) is 5.75 Å². The minimum atomic E-state index is -0.430. The zero-order chi connectivity index (χ0) is 21.8. The van der Waals surface area contributed by atoms with Gasteiger partial charge in [-0.3, -0.25) is 15.1 Å². The first-order valence-corrected chi connectivity index (χ1v) is 11.8. The van der Waals surface area contributed by atoms with Crippen molar-refractivity contribution in [1.82, 2.24) is 4.98 Å². The number of halogens is 1. The number of aromatic nitrogens is 1. The molecule has 0 saturated carbocycles. The van der Waals surface area contributed by atoms with Crippen LogP contribution in [0, 0.1) is 10.1 Å². The average Bonchev–Trinajstić information content (AvgIpc) is 3.19. The highest BCUT2D eigenvalue weighted by Gasteiger charge is 2.15. The molecule has 0 atom stereocenters. The Labute approximate surface area is 195 Å². The lowest BCUT2D eigenvalue weighted by atomic mass is 10.2. The number of nitrogens with zero attached hydrogens (tertiary/aromatic N) is 3. The van der Waals surface area contributed by atoms with Gasteiger partial charge in [-0.1, -0.05) is 45.9 Å². The van der Waals surface area contributed by atoms with Crippen molar-refractivity contribution in [1.29, 1.82) is 0 Å². The van der Waals surface area contributed by atoms with Crippen LogP contribution in [-0.4, -0.2) is 23.2 Å². The molecule has 0 N–H and O–H groups in total. The van der Waals surface area contributed by atoms with E-state index in [0.29, 0.717) is 5.75 Å². The highest BCUT2D eigenvalue weighted by atomic mass is 79.9. The number of ether oxygens (including phenoxy) is 1. The van der Waals surface area contributed by atoms with Gasteiger partial charge in [0.05, 0.1) is 27.9 Å². The monoisotopic (exact) mass is 513 g/mol. The minimum Gasteiger partial charge on any atom is -0.490 e. The van der Waals surface area contributed by atoms with Crippen molar-refractivity contribution < 1.29 is 9.66 Å². The SMILES string of the molecule is COc1ccc(CSc2nc3ccc(N=Cc4ccc(Br)cc4)cc3s2)cc1[N+](=O)[O-]. The third-order valence-corrected chi connectivity index (χ3v) is 7.15. The first-order chi connectivity index (χ1) is 15.0. The van der Waals surface area contributed by atoms with Crippen LogP contribution in [0.15, 0.2) is 74.5 Å². The zero-order valence-electron chi connectivity index (χ0n) is 16.3. The molecule has 0 saturated heterocycles. The summed E-state index contributed by atoms with van der Waals surface area (Å²) in [5, 5.41) is 11.2. The molecule has 6 nitrogen and oxygen atoms in total. The first-order valence-electron chi connectivity index (χ1n) is 9.16. The molecule has 0 bridgehead atoms. The molecule has 0 amide bonds. The van der Waals surface area contributed by atoms with Gasteiger partial charge < -0.3 is 4.74 Å². The highest BCUT2D eigenvalue weighted by molar-refractivity contribution is 9.10. The van der Waals surface area contributed by atoms with E-state index in [-0.39, 0.29) is 11.4 Å². The van der Waals surface area contributed by atoms with E-state index < -0.39 is 4.92 Å². The largest absolute Gasteiger partial charge is 0.490 e. The third kappa shape index (κ3) is 5.30. The smallest absolute Gasteiger partial charge is 0.311 e. The number of methoxy groups -OCH3 is 1. The second kappa shape index (κ2) is 9.59. The van der Waals surface area contributed by atoms with E-state index in [9.17, 15) is 10.1 Å².